The molecule has 0 saturated heterocycles. The molecule has 0 aromatic heterocycles. The molecule has 3 N–H and O–H groups in total. The first kappa shape index (κ1) is 15.8. The molecule has 1 aromatic carbocycles. The van der Waals surface area contributed by atoms with Gasteiger partial charge in [0.2, 0.25) is 15.9 Å². The zero-order valence-corrected chi connectivity index (χ0v) is 13.1. The minimum atomic E-state index is -3.68. The molecule has 1 aliphatic rings. The van der Waals surface area contributed by atoms with Crippen molar-refractivity contribution in [3.8, 4) is 0 Å². The van der Waals surface area contributed by atoms with Crippen molar-refractivity contribution in [1.82, 2.24) is 5.32 Å². The monoisotopic (exact) mass is 311 g/mol. The van der Waals surface area contributed by atoms with E-state index in [9.17, 15) is 13.2 Å². The first-order valence-electron chi connectivity index (χ1n) is 7.01. The highest BCUT2D eigenvalue weighted by Crippen LogP contribution is 2.29. The van der Waals surface area contributed by atoms with Crippen molar-refractivity contribution < 1.29 is 13.2 Å². The van der Waals surface area contributed by atoms with Gasteiger partial charge < -0.3 is 10.2 Å². The summed E-state index contributed by atoms with van der Waals surface area (Å²) in [7, 11) is -3.68. The summed E-state index contributed by atoms with van der Waals surface area (Å²) in [4.78, 5) is 14.0. The van der Waals surface area contributed by atoms with Gasteiger partial charge in [-0.2, -0.15) is 0 Å². The topological polar surface area (TPSA) is 92.5 Å². The second kappa shape index (κ2) is 6.03. The summed E-state index contributed by atoms with van der Waals surface area (Å²) >= 11 is 0. The van der Waals surface area contributed by atoms with Crippen molar-refractivity contribution in [2.75, 3.05) is 18.0 Å². The lowest BCUT2D eigenvalue weighted by Gasteiger charge is -2.20. The zero-order chi connectivity index (χ0) is 15.6. The highest BCUT2D eigenvalue weighted by molar-refractivity contribution is 7.89. The van der Waals surface area contributed by atoms with Crippen molar-refractivity contribution in [2.45, 2.75) is 37.6 Å². The largest absolute Gasteiger partial charge is 0.362 e. The summed E-state index contributed by atoms with van der Waals surface area (Å²) in [6, 6.07) is 4.96. The van der Waals surface area contributed by atoms with Gasteiger partial charge in [0.05, 0.1) is 11.4 Å². The highest BCUT2D eigenvalue weighted by Gasteiger charge is 2.23. The molecule has 6 nitrogen and oxygen atoms in total. The number of carbonyl (C=O) groups is 1. The summed E-state index contributed by atoms with van der Waals surface area (Å²) < 4.78 is 22.7. The predicted octanol–water partition coefficient (Wildman–Crippen LogP) is 0.611. The van der Waals surface area contributed by atoms with Crippen molar-refractivity contribution in [2.24, 2.45) is 5.14 Å². The lowest BCUT2D eigenvalue weighted by Crippen LogP contribution is -2.40. The van der Waals surface area contributed by atoms with Crippen molar-refractivity contribution in [1.29, 1.82) is 0 Å². The average molecular weight is 311 g/mol. The van der Waals surface area contributed by atoms with E-state index in [0.29, 0.717) is 6.54 Å². The number of benzene rings is 1. The number of nitrogens with zero attached hydrogens (tertiary/aromatic N) is 1. The van der Waals surface area contributed by atoms with E-state index in [4.69, 9.17) is 5.14 Å². The number of anilines is 1. The van der Waals surface area contributed by atoms with Gasteiger partial charge in [0.15, 0.2) is 0 Å². The second-order valence-corrected chi connectivity index (χ2v) is 6.95. The Morgan fingerprint density at radius 3 is 2.81 bits per heavy atom. The number of nitrogens with one attached hydrogen (secondary N) is 1. The van der Waals surface area contributed by atoms with Crippen LogP contribution in [0.4, 0.5) is 5.69 Å². The number of nitrogens with two attached hydrogens (primary N) is 1. The smallest absolute Gasteiger partial charge is 0.239 e. The lowest BCUT2D eigenvalue weighted by atomic mass is 10.2. The third kappa shape index (κ3) is 3.74. The number of hydrogen-bond donors (Lipinski definition) is 2. The van der Waals surface area contributed by atoms with Crippen LogP contribution in [0.15, 0.2) is 23.1 Å². The van der Waals surface area contributed by atoms with E-state index >= 15 is 0 Å². The molecule has 21 heavy (non-hydrogen) atoms. The highest BCUT2D eigenvalue weighted by atomic mass is 32.2. The molecule has 0 saturated carbocycles. The van der Waals surface area contributed by atoms with Crippen LogP contribution < -0.4 is 15.4 Å². The molecule has 2 rings (SSSR count). The summed E-state index contributed by atoms with van der Waals surface area (Å²) in [5.74, 6) is -0.0206. The quantitative estimate of drug-likeness (QED) is 0.833. The maximum Gasteiger partial charge on any atom is 0.239 e. The van der Waals surface area contributed by atoms with Gasteiger partial charge >= 0.3 is 0 Å². The third-order valence-electron chi connectivity index (χ3n) is 3.73. The van der Waals surface area contributed by atoms with Gasteiger partial charge in [-0.25, -0.2) is 13.6 Å². The van der Waals surface area contributed by atoms with Crippen LogP contribution in [-0.4, -0.2) is 33.5 Å². The third-order valence-corrected chi connectivity index (χ3v) is 4.64. The molecule has 0 bridgehead atoms. The Labute approximate surface area is 125 Å². The molecule has 0 radical (unpaired) electrons. The predicted molar refractivity (Wildman–Crippen MR) is 81.6 cm³/mol. The SMILES string of the molecule is CC[C@@H](C)NC(=O)CN1CCc2cc(S(N)(=O)=O)ccc21. The fourth-order valence-electron chi connectivity index (χ4n) is 2.38. The number of primary sulfonamides is 1. The molecule has 0 spiro atoms. The summed E-state index contributed by atoms with van der Waals surface area (Å²) in [5.41, 5.74) is 1.82. The molecule has 1 atom stereocenters. The first-order valence-corrected chi connectivity index (χ1v) is 8.56. The molecule has 1 aromatic rings. The van der Waals surface area contributed by atoms with Crippen LogP contribution >= 0.6 is 0 Å². The van der Waals surface area contributed by atoms with Crippen LogP contribution in [0.5, 0.6) is 0 Å². The summed E-state index contributed by atoms with van der Waals surface area (Å²) in [6.45, 7) is 4.97. The van der Waals surface area contributed by atoms with Gasteiger partial charge in [0.25, 0.3) is 0 Å². The number of sulfonamides is 1. The number of fused-ring (bicyclic) bond motifs is 1. The van der Waals surface area contributed by atoms with Crippen molar-refractivity contribution in [3.63, 3.8) is 0 Å². The molecule has 1 heterocycles. The van der Waals surface area contributed by atoms with E-state index in [0.717, 1.165) is 24.1 Å². The first-order chi connectivity index (χ1) is 9.81. The standard InChI is InChI=1S/C14H21N3O3S/c1-3-10(2)16-14(18)9-17-7-6-11-8-12(21(15,19)20)4-5-13(11)17/h4-5,8,10H,3,6-7,9H2,1-2H3,(H,16,18)(H2,15,19,20)/t10-/m1/s1. The van der Waals surface area contributed by atoms with Crippen molar-refractivity contribution >= 4 is 21.6 Å². The Hall–Kier alpha value is -1.60. The normalized spacial score (nSPS) is 15.7. The Morgan fingerprint density at radius 1 is 1.48 bits per heavy atom. The van der Waals surface area contributed by atoms with E-state index in [2.05, 4.69) is 5.32 Å². The van der Waals surface area contributed by atoms with E-state index in [1.54, 1.807) is 12.1 Å². The van der Waals surface area contributed by atoms with E-state index in [1.807, 2.05) is 18.7 Å². The van der Waals surface area contributed by atoms with Crippen LogP contribution in [0.1, 0.15) is 25.8 Å². The second-order valence-electron chi connectivity index (χ2n) is 5.38. The van der Waals surface area contributed by atoms with Crippen LogP contribution in [0.25, 0.3) is 0 Å². The Morgan fingerprint density at radius 2 is 2.19 bits per heavy atom. The molecule has 7 heteroatoms. The molecular weight excluding hydrogens is 290 g/mol. The van der Waals surface area contributed by atoms with Crippen LogP contribution in [0.2, 0.25) is 0 Å². The number of amides is 1. The zero-order valence-electron chi connectivity index (χ0n) is 12.3. The summed E-state index contributed by atoms with van der Waals surface area (Å²) in [6.07, 6.45) is 1.61. The Balaban J connectivity index is 2.11. The van der Waals surface area contributed by atoms with Gasteiger partial charge in [-0.05, 0) is 43.5 Å². The number of rotatable bonds is 5. The fraction of sp³-hybridized carbons (Fsp3) is 0.500. The number of hydrogen-bond acceptors (Lipinski definition) is 4. The summed E-state index contributed by atoms with van der Waals surface area (Å²) in [5, 5.41) is 8.06. The Bertz CT molecular complexity index is 643. The molecule has 1 amide bonds. The van der Waals surface area contributed by atoms with Gasteiger partial charge in [0, 0.05) is 18.3 Å². The molecule has 1 aliphatic heterocycles. The van der Waals surface area contributed by atoms with Crippen LogP contribution in [0.3, 0.4) is 0 Å². The van der Waals surface area contributed by atoms with Gasteiger partial charge in [0.1, 0.15) is 0 Å². The van der Waals surface area contributed by atoms with Gasteiger partial charge in [-0.1, -0.05) is 6.92 Å². The minimum absolute atomic E-state index is 0.0206. The van der Waals surface area contributed by atoms with Crippen LogP contribution in [0, 0.1) is 0 Å². The maximum atomic E-state index is 11.9. The number of carbonyl (C=O) groups excluding carboxylic acids is 1. The van der Waals surface area contributed by atoms with Crippen molar-refractivity contribution in [3.05, 3.63) is 23.8 Å². The fourth-order valence-corrected chi connectivity index (χ4v) is 2.95. The molecular formula is C14H21N3O3S. The lowest BCUT2D eigenvalue weighted by molar-refractivity contribution is -0.120. The molecule has 0 fully saturated rings. The van der Waals surface area contributed by atoms with Crippen LogP contribution in [-0.2, 0) is 21.2 Å². The van der Waals surface area contributed by atoms with Gasteiger partial charge in [-0.15, -0.1) is 0 Å². The Kier molecular flexibility index (Phi) is 4.53. The maximum absolute atomic E-state index is 11.9. The average Bonchev–Trinajstić information content (AvgIpc) is 2.80. The van der Waals surface area contributed by atoms with E-state index in [-0.39, 0.29) is 23.4 Å². The van der Waals surface area contributed by atoms with E-state index in [1.165, 1.54) is 6.07 Å². The minimum Gasteiger partial charge on any atom is -0.362 e. The van der Waals surface area contributed by atoms with E-state index < -0.39 is 10.0 Å². The molecule has 0 unspecified atom stereocenters. The van der Waals surface area contributed by atoms with Gasteiger partial charge in [-0.3, -0.25) is 4.79 Å². The molecule has 0 aliphatic carbocycles. The molecule has 116 valence electrons.